The molecule has 0 atom stereocenters. The fourth-order valence-corrected chi connectivity index (χ4v) is 3.11. The molecule has 102 valence electrons. The van der Waals surface area contributed by atoms with E-state index in [0.29, 0.717) is 11.6 Å². The van der Waals surface area contributed by atoms with Crippen LogP contribution in [-0.4, -0.2) is 26.3 Å². The Labute approximate surface area is 114 Å². The summed E-state index contributed by atoms with van der Waals surface area (Å²) in [5, 5.41) is 0.431. The van der Waals surface area contributed by atoms with E-state index in [4.69, 9.17) is 17.3 Å². The van der Waals surface area contributed by atoms with Crippen molar-refractivity contribution in [2.45, 2.75) is 31.1 Å². The van der Waals surface area contributed by atoms with Crippen molar-refractivity contribution in [1.29, 1.82) is 0 Å². The standard InChI is InChI=1S/C12H19ClN2O2S/c1-3-4-5-8-15(2)18(16,17)12-7-6-10(13)9-11(12)14/h6-7,9H,3-5,8,14H2,1-2H3. The molecule has 6 heteroatoms. The highest BCUT2D eigenvalue weighted by molar-refractivity contribution is 7.89. The lowest BCUT2D eigenvalue weighted by molar-refractivity contribution is 0.454. The van der Waals surface area contributed by atoms with Crippen molar-refractivity contribution >= 4 is 27.3 Å². The third kappa shape index (κ3) is 3.60. The van der Waals surface area contributed by atoms with Gasteiger partial charge in [-0.25, -0.2) is 12.7 Å². The fourth-order valence-electron chi connectivity index (χ4n) is 1.63. The summed E-state index contributed by atoms with van der Waals surface area (Å²) in [4.78, 5) is 0.117. The molecule has 0 radical (unpaired) electrons. The predicted octanol–water partition coefficient (Wildman–Crippen LogP) is 2.73. The number of unbranched alkanes of at least 4 members (excludes halogenated alkanes) is 2. The Morgan fingerprint density at radius 1 is 1.33 bits per heavy atom. The van der Waals surface area contributed by atoms with Gasteiger partial charge >= 0.3 is 0 Å². The van der Waals surface area contributed by atoms with Crippen LogP contribution < -0.4 is 5.73 Å². The van der Waals surface area contributed by atoms with Crippen molar-refractivity contribution < 1.29 is 8.42 Å². The number of rotatable bonds is 6. The maximum Gasteiger partial charge on any atom is 0.244 e. The molecule has 1 rings (SSSR count). The lowest BCUT2D eigenvalue weighted by Gasteiger charge is -2.18. The van der Waals surface area contributed by atoms with E-state index in [0.717, 1.165) is 19.3 Å². The number of nitrogens with zero attached hydrogens (tertiary/aromatic N) is 1. The van der Waals surface area contributed by atoms with Gasteiger partial charge in [-0.05, 0) is 24.6 Å². The monoisotopic (exact) mass is 290 g/mol. The molecule has 0 saturated heterocycles. The molecule has 1 aromatic rings. The number of nitrogen functional groups attached to an aromatic ring is 1. The van der Waals surface area contributed by atoms with Gasteiger partial charge in [0, 0.05) is 18.6 Å². The molecule has 0 fully saturated rings. The average molecular weight is 291 g/mol. The van der Waals surface area contributed by atoms with Crippen molar-refractivity contribution in [2.75, 3.05) is 19.3 Å². The number of anilines is 1. The van der Waals surface area contributed by atoms with Crippen LogP contribution in [-0.2, 0) is 10.0 Å². The smallest absolute Gasteiger partial charge is 0.244 e. The summed E-state index contributed by atoms with van der Waals surface area (Å²) in [6.45, 7) is 2.57. The Kier molecular flexibility index (Phi) is 5.44. The number of benzene rings is 1. The van der Waals surface area contributed by atoms with E-state index in [1.54, 1.807) is 7.05 Å². The Morgan fingerprint density at radius 3 is 2.56 bits per heavy atom. The molecule has 18 heavy (non-hydrogen) atoms. The van der Waals surface area contributed by atoms with E-state index in [-0.39, 0.29) is 10.6 Å². The molecular formula is C12H19ClN2O2S. The summed E-state index contributed by atoms with van der Waals surface area (Å²) in [6.07, 6.45) is 2.91. The van der Waals surface area contributed by atoms with Gasteiger partial charge in [-0.1, -0.05) is 31.4 Å². The molecule has 0 aliphatic carbocycles. The molecule has 0 amide bonds. The summed E-state index contributed by atoms with van der Waals surface area (Å²) in [5.74, 6) is 0. The molecule has 0 heterocycles. The van der Waals surface area contributed by atoms with E-state index < -0.39 is 10.0 Å². The van der Waals surface area contributed by atoms with Crippen LogP contribution in [0.2, 0.25) is 5.02 Å². The van der Waals surface area contributed by atoms with Gasteiger partial charge in [0.25, 0.3) is 0 Å². The second-order valence-corrected chi connectivity index (χ2v) is 6.67. The molecule has 0 saturated carbocycles. The van der Waals surface area contributed by atoms with Gasteiger partial charge in [0.05, 0.1) is 5.69 Å². The van der Waals surface area contributed by atoms with Gasteiger partial charge in [0.1, 0.15) is 4.90 Å². The number of halogens is 1. The van der Waals surface area contributed by atoms with Crippen LogP contribution in [0, 0.1) is 0 Å². The number of hydrogen-bond acceptors (Lipinski definition) is 3. The van der Waals surface area contributed by atoms with Crippen molar-refractivity contribution in [3.8, 4) is 0 Å². The predicted molar refractivity (Wildman–Crippen MR) is 75.2 cm³/mol. The number of sulfonamides is 1. The zero-order valence-electron chi connectivity index (χ0n) is 10.7. The van der Waals surface area contributed by atoms with Gasteiger partial charge in [0.15, 0.2) is 0 Å². The third-order valence-corrected chi connectivity index (χ3v) is 4.90. The molecule has 0 aromatic heterocycles. The largest absolute Gasteiger partial charge is 0.398 e. The quantitative estimate of drug-likeness (QED) is 0.647. The molecule has 4 nitrogen and oxygen atoms in total. The Hall–Kier alpha value is -0.780. The van der Waals surface area contributed by atoms with Crippen LogP contribution in [0.1, 0.15) is 26.2 Å². The molecule has 2 N–H and O–H groups in total. The van der Waals surface area contributed by atoms with Gasteiger partial charge in [-0.15, -0.1) is 0 Å². The first-order valence-corrected chi connectivity index (χ1v) is 7.72. The summed E-state index contributed by atoms with van der Waals surface area (Å²) in [7, 11) is -1.95. The molecule has 0 aliphatic rings. The minimum absolute atomic E-state index is 0.117. The van der Waals surface area contributed by atoms with Gasteiger partial charge in [-0.3, -0.25) is 0 Å². The van der Waals surface area contributed by atoms with Crippen LogP contribution in [0.15, 0.2) is 23.1 Å². The van der Waals surface area contributed by atoms with Crippen LogP contribution in [0.25, 0.3) is 0 Å². The van der Waals surface area contributed by atoms with Crippen LogP contribution in [0.5, 0.6) is 0 Å². The minimum atomic E-state index is -3.52. The van der Waals surface area contributed by atoms with Crippen LogP contribution in [0.4, 0.5) is 5.69 Å². The van der Waals surface area contributed by atoms with E-state index in [1.165, 1.54) is 22.5 Å². The van der Waals surface area contributed by atoms with Crippen molar-refractivity contribution in [3.05, 3.63) is 23.2 Å². The first-order chi connectivity index (χ1) is 8.39. The van der Waals surface area contributed by atoms with Gasteiger partial charge in [-0.2, -0.15) is 0 Å². The fraction of sp³-hybridized carbons (Fsp3) is 0.500. The highest BCUT2D eigenvalue weighted by Crippen LogP contribution is 2.24. The zero-order chi connectivity index (χ0) is 13.8. The topological polar surface area (TPSA) is 63.4 Å². The first-order valence-electron chi connectivity index (χ1n) is 5.91. The molecule has 0 aliphatic heterocycles. The lowest BCUT2D eigenvalue weighted by atomic mass is 10.2. The highest BCUT2D eigenvalue weighted by atomic mass is 35.5. The van der Waals surface area contributed by atoms with Gasteiger partial charge < -0.3 is 5.73 Å². The second-order valence-electron chi connectivity index (χ2n) is 4.22. The summed E-state index contributed by atoms with van der Waals surface area (Å²) < 4.78 is 25.9. The third-order valence-electron chi connectivity index (χ3n) is 2.74. The van der Waals surface area contributed by atoms with Crippen molar-refractivity contribution in [2.24, 2.45) is 0 Å². The van der Waals surface area contributed by atoms with E-state index in [2.05, 4.69) is 6.92 Å². The second kappa shape index (κ2) is 6.41. The maximum absolute atomic E-state index is 12.3. The van der Waals surface area contributed by atoms with Gasteiger partial charge in [0.2, 0.25) is 10.0 Å². The minimum Gasteiger partial charge on any atom is -0.398 e. The maximum atomic E-state index is 12.3. The molecular weight excluding hydrogens is 272 g/mol. The highest BCUT2D eigenvalue weighted by Gasteiger charge is 2.22. The molecule has 0 spiro atoms. The van der Waals surface area contributed by atoms with Crippen LogP contribution in [0.3, 0.4) is 0 Å². The number of nitrogens with two attached hydrogens (primary N) is 1. The first kappa shape index (κ1) is 15.3. The Morgan fingerprint density at radius 2 is 2.00 bits per heavy atom. The summed E-state index contributed by atoms with van der Waals surface area (Å²) in [6, 6.07) is 4.43. The van der Waals surface area contributed by atoms with E-state index >= 15 is 0 Å². The molecule has 1 aromatic carbocycles. The van der Waals surface area contributed by atoms with Crippen LogP contribution >= 0.6 is 11.6 Å². The Bertz CT molecular complexity index is 503. The normalized spacial score (nSPS) is 12.0. The summed E-state index contributed by atoms with van der Waals surface area (Å²) in [5.41, 5.74) is 5.89. The van der Waals surface area contributed by atoms with E-state index in [9.17, 15) is 8.42 Å². The zero-order valence-corrected chi connectivity index (χ0v) is 12.3. The summed E-state index contributed by atoms with van der Waals surface area (Å²) >= 11 is 5.76. The molecule has 0 bridgehead atoms. The lowest BCUT2D eigenvalue weighted by Crippen LogP contribution is -2.28. The van der Waals surface area contributed by atoms with Crippen molar-refractivity contribution in [1.82, 2.24) is 4.31 Å². The Balaban J connectivity index is 2.91. The SMILES string of the molecule is CCCCCN(C)S(=O)(=O)c1ccc(Cl)cc1N. The number of hydrogen-bond donors (Lipinski definition) is 1. The van der Waals surface area contributed by atoms with E-state index in [1.807, 2.05) is 0 Å². The molecule has 0 unspecified atom stereocenters. The average Bonchev–Trinajstić information content (AvgIpc) is 2.28. The van der Waals surface area contributed by atoms with Crippen molar-refractivity contribution in [3.63, 3.8) is 0 Å².